The van der Waals surface area contributed by atoms with Crippen molar-refractivity contribution in [2.75, 3.05) is 0 Å². The highest BCUT2D eigenvalue weighted by atomic mass is 79.9. The van der Waals surface area contributed by atoms with Crippen molar-refractivity contribution in [2.45, 2.75) is 11.8 Å². The molecule has 2 aromatic rings. The van der Waals surface area contributed by atoms with E-state index >= 15 is 0 Å². The Morgan fingerprint density at radius 2 is 1.47 bits per heavy atom. The van der Waals surface area contributed by atoms with Crippen LogP contribution in [0, 0.1) is 30.2 Å². The fraction of sp³-hybridized carbons (Fsp3) is 0.143. The van der Waals surface area contributed by atoms with Crippen molar-refractivity contribution in [1.82, 2.24) is 0 Å². The summed E-state index contributed by atoms with van der Waals surface area (Å²) in [5.41, 5.74) is 0.728. The predicted octanol–water partition coefficient (Wildman–Crippen LogP) is 5.04. The zero-order valence-electron chi connectivity index (χ0n) is 9.85. The zero-order valence-corrected chi connectivity index (χ0v) is 11.4. The molecule has 0 amide bonds. The Kier molecular flexibility index (Phi) is 3.94. The van der Waals surface area contributed by atoms with E-state index in [0.717, 1.165) is 0 Å². The van der Waals surface area contributed by atoms with E-state index in [-0.39, 0.29) is 5.56 Å². The molecule has 0 bridgehead atoms. The van der Waals surface area contributed by atoms with E-state index in [1.807, 2.05) is 0 Å². The lowest BCUT2D eigenvalue weighted by Gasteiger charge is -2.15. The zero-order chi connectivity index (χ0) is 14.2. The molecule has 2 rings (SSSR count). The SMILES string of the molecule is Cc1ccc(F)cc1C(Br)c1c(F)cc(F)cc1F. The van der Waals surface area contributed by atoms with Crippen LogP contribution in [0.2, 0.25) is 0 Å². The van der Waals surface area contributed by atoms with Gasteiger partial charge < -0.3 is 0 Å². The van der Waals surface area contributed by atoms with E-state index in [9.17, 15) is 17.6 Å². The molecule has 19 heavy (non-hydrogen) atoms. The average molecular weight is 333 g/mol. The molecule has 0 nitrogen and oxygen atoms in total. The second-order valence-electron chi connectivity index (χ2n) is 4.15. The van der Waals surface area contributed by atoms with Crippen LogP contribution in [-0.4, -0.2) is 0 Å². The van der Waals surface area contributed by atoms with Crippen LogP contribution in [0.1, 0.15) is 21.5 Å². The third-order valence-corrected chi connectivity index (χ3v) is 3.76. The van der Waals surface area contributed by atoms with Crippen LogP contribution >= 0.6 is 15.9 Å². The Morgan fingerprint density at radius 1 is 0.895 bits per heavy atom. The topological polar surface area (TPSA) is 0 Å². The number of hydrogen-bond acceptors (Lipinski definition) is 0. The van der Waals surface area contributed by atoms with Gasteiger partial charge in [-0.15, -0.1) is 0 Å². The van der Waals surface area contributed by atoms with Crippen LogP contribution < -0.4 is 0 Å². The highest BCUT2D eigenvalue weighted by Gasteiger charge is 2.22. The number of halogens is 5. The molecule has 0 radical (unpaired) electrons. The lowest BCUT2D eigenvalue weighted by Crippen LogP contribution is -2.04. The third kappa shape index (κ3) is 2.81. The number of benzene rings is 2. The first-order valence-corrected chi connectivity index (χ1v) is 6.36. The van der Waals surface area contributed by atoms with Crippen molar-refractivity contribution in [3.05, 3.63) is 70.3 Å². The molecule has 1 unspecified atom stereocenters. The van der Waals surface area contributed by atoms with Crippen molar-refractivity contribution in [3.63, 3.8) is 0 Å². The molecule has 0 saturated heterocycles. The molecule has 0 aliphatic carbocycles. The van der Waals surface area contributed by atoms with Crippen molar-refractivity contribution in [3.8, 4) is 0 Å². The molecular weight excluding hydrogens is 324 g/mol. The molecule has 0 aromatic heterocycles. The highest BCUT2D eigenvalue weighted by molar-refractivity contribution is 9.09. The van der Waals surface area contributed by atoms with Gasteiger partial charge in [-0.3, -0.25) is 0 Å². The molecule has 0 saturated carbocycles. The molecule has 0 aliphatic heterocycles. The van der Waals surface area contributed by atoms with E-state index in [2.05, 4.69) is 15.9 Å². The molecule has 0 heterocycles. The summed E-state index contributed by atoms with van der Waals surface area (Å²) in [6.45, 7) is 1.70. The lowest BCUT2D eigenvalue weighted by atomic mass is 9.99. The van der Waals surface area contributed by atoms with Crippen molar-refractivity contribution in [1.29, 1.82) is 0 Å². The molecule has 100 valence electrons. The molecule has 1 atom stereocenters. The second kappa shape index (κ2) is 5.33. The molecule has 2 aromatic carbocycles. The Morgan fingerprint density at radius 3 is 2.05 bits per heavy atom. The first-order chi connectivity index (χ1) is 8.90. The quantitative estimate of drug-likeness (QED) is 0.534. The maximum absolute atomic E-state index is 13.7. The maximum Gasteiger partial charge on any atom is 0.133 e. The molecular formula is C14H9BrF4. The van der Waals surface area contributed by atoms with Crippen LogP contribution in [0.4, 0.5) is 17.6 Å². The first kappa shape index (κ1) is 14.1. The smallest absolute Gasteiger partial charge is 0.133 e. The van der Waals surface area contributed by atoms with Gasteiger partial charge in [-0.2, -0.15) is 0 Å². The minimum Gasteiger partial charge on any atom is -0.207 e. The van der Waals surface area contributed by atoms with E-state index in [1.54, 1.807) is 6.92 Å². The fourth-order valence-electron chi connectivity index (χ4n) is 1.84. The van der Waals surface area contributed by atoms with Gasteiger partial charge in [-0.1, -0.05) is 22.0 Å². The minimum absolute atomic E-state index is 0.338. The summed E-state index contributed by atoms with van der Waals surface area (Å²) >= 11 is 3.14. The van der Waals surface area contributed by atoms with E-state index in [1.165, 1.54) is 18.2 Å². The average Bonchev–Trinajstić information content (AvgIpc) is 2.30. The van der Waals surface area contributed by atoms with Crippen LogP contribution in [0.3, 0.4) is 0 Å². The Labute approximate surface area is 116 Å². The van der Waals surface area contributed by atoms with E-state index in [0.29, 0.717) is 23.3 Å². The van der Waals surface area contributed by atoms with Crippen LogP contribution in [-0.2, 0) is 0 Å². The molecule has 0 N–H and O–H groups in total. The van der Waals surface area contributed by atoms with Crippen molar-refractivity contribution < 1.29 is 17.6 Å². The van der Waals surface area contributed by atoms with Gasteiger partial charge in [0.1, 0.15) is 23.3 Å². The standard InChI is InChI=1S/C14H9BrF4/c1-7-2-3-8(16)4-10(7)14(15)13-11(18)5-9(17)6-12(13)19/h2-6,14H,1H3. The van der Waals surface area contributed by atoms with Gasteiger partial charge in [0.05, 0.1) is 4.83 Å². The van der Waals surface area contributed by atoms with Crippen LogP contribution in [0.5, 0.6) is 0 Å². The van der Waals surface area contributed by atoms with Crippen LogP contribution in [0.25, 0.3) is 0 Å². The number of rotatable bonds is 2. The minimum atomic E-state index is -1.01. The van der Waals surface area contributed by atoms with E-state index in [4.69, 9.17) is 0 Å². The number of hydrogen-bond donors (Lipinski definition) is 0. The van der Waals surface area contributed by atoms with Gasteiger partial charge in [-0.05, 0) is 30.2 Å². The second-order valence-corrected chi connectivity index (χ2v) is 5.06. The predicted molar refractivity (Wildman–Crippen MR) is 68.2 cm³/mol. The number of aryl methyl sites for hydroxylation is 1. The van der Waals surface area contributed by atoms with Gasteiger partial charge in [0.15, 0.2) is 0 Å². The summed E-state index contributed by atoms with van der Waals surface area (Å²) in [6, 6.07) is 5.16. The van der Waals surface area contributed by atoms with Gasteiger partial charge in [0.25, 0.3) is 0 Å². The molecule has 0 aliphatic rings. The summed E-state index contributed by atoms with van der Waals surface area (Å²) < 4.78 is 53.4. The number of alkyl halides is 1. The first-order valence-electron chi connectivity index (χ1n) is 5.44. The fourth-order valence-corrected chi connectivity index (χ4v) is 2.77. The maximum atomic E-state index is 13.7. The summed E-state index contributed by atoms with van der Waals surface area (Å²) in [5.74, 6) is -3.52. The van der Waals surface area contributed by atoms with E-state index < -0.39 is 28.1 Å². The summed E-state index contributed by atoms with van der Waals surface area (Å²) in [6.07, 6.45) is 0. The Hall–Kier alpha value is -1.36. The monoisotopic (exact) mass is 332 g/mol. The summed E-state index contributed by atoms with van der Waals surface area (Å²) in [4.78, 5) is -0.885. The van der Waals surface area contributed by atoms with Crippen LogP contribution in [0.15, 0.2) is 30.3 Å². The molecule has 5 heteroatoms. The Bertz CT molecular complexity index is 602. The van der Waals surface area contributed by atoms with Gasteiger partial charge in [0, 0.05) is 17.7 Å². The van der Waals surface area contributed by atoms with Crippen molar-refractivity contribution in [2.24, 2.45) is 0 Å². The molecule has 0 spiro atoms. The van der Waals surface area contributed by atoms with Gasteiger partial charge in [-0.25, -0.2) is 17.6 Å². The van der Waals surface area contributed by atoms with Gasteiger partial charge in [0.2, 0.25) is 0 Å². The normalized spacial score (nSPS) is 12.5. The largest absolute Gasteiger partial charge is 0.207 e. The lowest BCUT2D eigenvalue weighted by molar-refractivity contribution is 0.527. The Balaban J connectivity index is 2.56. The highest BCUT2D eigenvalue weighted by Crippen LogP contribution is 2.36. The van der Waals surface area contributed by atoms with Gasteiger partial charge >= 0.3 is 0 Å². The summed E-state index contributed by atoms with van der Waals surface area (Å²) in [7, 11) is 0. The molecule has 0 fully saturated rings. The van der Waals surface area contributed by atoms with Crippen molar-refractivity contribution >= 4 is 15.9 Å². The third-order valence-electron chi connectivity index (χ3n) is 2.81. The summed E-state index contributed by atoms with van der Waals surface area (Å²) in [5, 5.41) is 0.